The van der Waals surface area contributed by atoms with Crippen LogP contribution in [-0.2, 0) is 6.42 Å². The van der Waals surface area contributed by atoms with Crippen molar-refractivity contribution in [3.63, 3.8) is 0 Å². The number of aryl methyl sites for hydroxylation is 1. The van der Waals surface area contributed by atoms with E-state index in [9.17, 15) is 0 Å². The summed E-state index contributed by atoms with van der Waals surface area (Å²) in [5.74, 6) is 1.88. The summed E-state index contributed by atoms with van der Waals surface area (Å²) in [6.45, 7) is 0.708. The molecule has 1 aliphatic heterocycles. The van der Waals surface area contributed by atoms with Crippen LogP contribution in [0.3, 0.4) is 0 Å². The van der Waals surface area contributed by atoms with E-state index in [1.165, 1.54) is 16.7 Å². The third kappa shape index (κ3) is 3.27. The normalized spacial score (nSPS) is 17.3. The fourth-order valence-corrected chi connectivity index (χ4v) is 2.71. The number of rotatable bonds is 2. The number of hydrogen-bond donors (Lipinski definition) is 0. The molecule has 1 heterocycles. The fourth-order valence-electron chi connectivity index (χ4n) is 2.71. The first-order valence-electron chi connectivity index (χ1n) is 7.41. The Morgan fingerprint density at radius 2 is 1.86 bits per heavy atom. The standard InChI is InChI=1S/C19H20O2/c1-20-18-10-11-19-17(14-18)9-5-8-16(12-13-21-19)15-6-3-2-4-7-15/h2-4,6-8,10-11,14H,5,9,12-13H2,1H3/b16-8+. The Morgan fingerprint density at radius 1 is 1.00 bits per heavy atom. The van der Waals surface area contributed by atoms with Gasteiger partial charge in [-0.3, -0.25) is 0 Å². The molecule has 0 atom stereocenters. The van der Waals surface area contributed by atoms with Crippen LogP contribution in [-0.4, -0.2) is 13.7 Å². The first-order chi connectivity index (χ1) is 10.4. The molecular weight excluding hydrogens is 260 g/mol. The van der Waals surface area contributed by atoms with E-state index >= 15 is 0 Å². The molecule has 0 amide bonds. The minimum atomic E-state index is 0.708. The molecule has 3 rings (SSSR count). The molecule has 0 bridgehead atoms. The van der Waals surface area contributed by atoms with Crippen molar-refractivity contribution in [3.05, 3.63) is 65.7 Å². The van der Waals surface area contributed by atoms with E-state index in [1.54, 1.807) is 7.11 Å². The summed E-state index contributed by atoms with van der Waals surface area (Å²) in [6.07, 6.45) is 5.28. The van der Waals surface area contributed by atoms with Crippen LogP contribution in [0.1, 0.15) is 24.0 Å². The Hall–Kier alpha value is -2.22. The van der Waals surface area contributed by atoms with Gasteiger partial charge in [-0.15, -0.1) is 0 Å². The smallest absolute Gasteiger partial charge is 0.122 e. The van der Waals surface area contributed by atoms with Crippen LogP contribution in [0.15, 0.2) is 54.6 Å². The van der Waals surface area contributed by atoms with Crippen LogP contribution in [0.25, 0.3) is 5.57 Å². The van der Waals surface area contributed by atoms with Gasteiger partial charge in [-0.05, 0) is 47.7 Å². The lowest BCUT2D eigenvalue weighted by atomic mass is 10.0. The fraction of sp³-hybridized carbons (Fsp3) is 0.263. The van der Waals surface area contributed by atoms with Crippen molar-refractivity contribution in [2.45, 2.75) is 19.3 Å². The molecule has 2 nitrogen and oxygen atoms in total. The molecule has 1 aliphatic rings. The van der Waals surface area contributed by atoms with E-state index in [-0.39, 0.29) is 0 Å². The van der Waals surface area contributed by atoms with Crippen LogP contribution < -0.4 is 9.47 Å². The Bertz CT molecular complexity index is 629. The van der Waals surface area contributed by atoms with Gasteiger partial charge < -0.3 is 9.47 Å². The van der Waals surface area contributed by atoms with Gasteiger partial charge in [0.25, 0.3) is 0 Å². The molecule has 2 aromatic rings. The number of benzene rings is 2. The second kappa shape index (κ2) is 6.49. The molecule has 108 valence electrons. The second-order valence-electron chi connectivity index (χ2n) is 5.21. The van der Waals surface area contributed by atoms with Gasteiger partial charge in [0.05, 0.1) is 13.7 Å². The molecule has 0 unspecified atom stereocenters. The number of methoxy groups -OCH3 is 1. The molecule has 2 aromatic carbocycles. The highest BCUT2D eigenvalue weighted by Gasteiger charge is 2.10. The van der Waals surface area contributed by atoms with Crippen molar-refractivity contribution >= 4 is 5.57 Å². The number of hydrogen-bond acceptors (Lipinski definition) is 2. The average molecular weight is 280 g/mol. The van der Waals surface area contributed by atoms with Gasteiger partial charge in [0.15, 0.2) is 0 Å². The van der Waals surface area contributed by atoms with Gasteiger partial charge in [0, 0.05) is 6.42 Å². The summed E-state index contributed by atoms with van der Waals surface area (Å²) in [4.78, 5) is 0. The molecule has 2 heteroatoms. The van der Waals surface area contributed by atoms with Gasteiger partial charge in [0.2, 0.25) is 0 Å². The predicted molar refractivity (Wildman–Crippen MR) is 85.8 cm³/mol. The van der Waals surface area contributed by atoms with Crippen molar-refractivity contribution in [3.8, 4) is 11.5 Å². The Labute approximate surface area is 126 Å². The lowest BCUT2D eigenvalue weighted by Crippen LogP contribution is -2.00. The zero-order valence-electron chi connectivity index (χ0n) is 12.3. The molecule has 0 saturated heterocycles. The first kappa shape index (κ1) is 13.7. The molecule has 0 aromatic heterocycles. The van der Waals surface area contributed by atoms with Crippen LogP contribution in [0.5, 0.6) is 11.5 Å². The zero-order chi connectivity index (χ0) is 14.5. The Kier molecular flexibility index (Phi) is 4.25. The Balaban J connectivity index is 1.82. The topological polar surface area (TPSA) is 18.5 Å². The zero-order valence-corrected chi connectivity index (χ0v) is 12.3. The van der Waals surface area contributed by atoms with Gasteiger partial charge >= 0.3 is 0 Å². The van der Waals surface area contributed by atoms with Crippen molar-refractivity contribution in [2.75, 3.05) is 13.7 Å². The van der Waals surface area contributed by atoms with Crippen LogP contribution in [0.4, 0.5) is 0 Å². The number of ether oxygens (including phenoxy) is 2. The summed E-state index contributed by atoms with van der Waals surface area (Å²) in [5, 5.41) is 0. The van der Waals surface area contributed by atoms with Gasteiger partial charge in [0.1, 0.15) is 11.5 Å². The first-order valence-corrected chi connectivity index (χ1v) is 7.41. The Morgan fingerprint density at radius 3 is 2.67 bits per heavy atom. The van der Waals surface area contributed by atoms with Crippen molar-refractivity contribution in [1.29, 1.82) is 0 Å². The van der Waals surface area contributed by atoms with Crippen molar-refractivity contribution in [2.24, 2.45) is 0 Å². The lowest BCUT2D eigenvalue weighted by Gasteiger charge is -2.11. The maximum atomic E-state index is 5.96. The van der Waals surface area contributed by atoms with Crippen molar-refractivity contribution in [1.82, 2.24) is 0 Å². The molecule has 0 aliphatic carbocycles. The number of fused-ring (bicyclic) bond motifs is 1. The summed E-state index contributed by atoms with van der Waals surface area (Å²) in [6, 6.07) is 16.6. The molecular formula is C19H20O2. The summed E-state index contributed by atoms with van der Waals surface area (Å²) in [7, 11) is 1.70. The third-order valence-electron chi connectivity index (χ3n) is 3.85. The van der Waals surface area contributed by atoms with E-state index in [4.69, 9.17) is 9.47 Å². The highest BCUT2D eigenvalue weighted by molar-refractivity contribution is 5.65. The van der Waals surface area contributed by atoms with E-state index in [0.717, 1.165) is 30.8 Å². The average Bonchev–Trinajstić information content (AvgIpc) is 2.65. The van der Waals surface area contributed by atoms with E-state index < -0.39 is 0 Å². The highest BCUT2D eigenvalue weighted by Crippen LogP contribution is 2.29. The molecule has 0 fully saturated rings. The van der Waals surface area contributed by atoms with E-state index in [2.05, 4.69) is 42.5 Å². The van der Waals surface area contributed by atoms with E-state index in [0.29, 0.717) is 6.61 Å². The predicted octanol–water partition coefficient (Wildman–Crippen LogP) is 4.49. The maximum absolute atomic E-state index is 5.96. The van der Waals surface area contributed by atoms with Crippen LogP contribution in [0.2, 0.25) is 0 Å². The molecule has 21 heavy (non-hydrogen) atoms. The largest absolute Gasteiger partial charge is 0.497 e. The molecule has 0 spiro atoms. The lowest BCUT2D eigenvalue weighted by molar-refractivity contribution is 0.323. The minimum Gasteiger partial charge on any atom is -0.497 e. The quantitative estimate of drug-likeness (QED) is 0.806. The van der Waals surface area contributed by atoms with Gasteiger partial charge in [-0.25, -0.2) is 0 Å². The molecule has 0 N–H and O–H groups in total. The third-order valence-corrected chi connectivity index (χ3v) is 3.85. The van der Waals surface area contributed by atoms with Crippen LogP contribution in [0, 0.1) is 0 Å². The number of allylic oxidation sites excluding steroid dienone is 1. The summed E-state index contributed by atoms with van der Waals surface area (Å²) in [5.41, 5.74) is 3.89. The summed E-state index contributed by atoms with van der Waals surface area (Å²) < 4.78 is 11.3. The summed E-state index contributed by atoms with van der Waals surface area (Å²) >= 11 is 0. The minimum absolute atomic E-state index is 0.708. The maximum Gasteiger partial charge on any atom is 0.122 e. The highest BCUT2D eigenvalue weighted by atomic mass is 16.5. The van der Waals surface area contributed by atoms with Gasteiger partial charge in [-0.1, -0.05) is 36.4 Å². The van der Waals surface area contributed by atoms with Gasteiger partial charge in [-0.2, -0.15) is 0 Å². The van der Waals surface area contributed by atoms with Crippen LogP contribution >= 0.6 is 0 Å². The van der Waals surface area contributed by atoms with Crippen molar-refractivity contribution < 1.29 is 9.47 Å². The SMILES string of the molecule is COc1ccc2c(c1)CC/C=C(/c1ccccc1)CCO2. The molecule has 0 saturated carbocycles. The van der Waals surface area contributed by atoms with E-state index in [1.807, 2.05) is 12.1 Å². The monoisotopic (exact) mass is 280 g/mol. The molecule has 0 radical (unpaired) electrons. The second-order valence-corrected chi connectivity index (χ2v) is 5.21.